The molecular weight excluding hydrogens is 518 g/mol. The zero-order valence-corrected chi connectivity index (χ0v) is 22.4. The fourth-order valence-corrected chi connectivity index (χ4v) is 4.09. The zero-order valence-electron chi connectivity index (χ0n) is 22.4. The largest absolute Gasteiger partial charge is 0.462 e. The van der Waals surface area contributed by atoms with Gasteiger partial charge in [0, 0.05) is 40.2 Å². The van der Waals surface area contributed by atoms with Crippen LogP contribution in [0.5, 0.6) is 0 Å². The summed E-state index contributed by atoms with van der Waals surface area (Å²) in [4.78, 5) is 78.4. The number of oxime groups is 1. The first-order valence-electron chi connectivity index (χ1n) is 11.9. The molecular formula is C26H31NO12. The van der Waals surface area contributed by atoms with Gasteiger partial charge in [-0.05, 0) is 6.92 Å². The van der Waals surface area contributed by atoms with Gasteiger partial charge in [-0.25, -0.2) is 0 Å². The highest BCUT2D eigenvalue weighted by Crippen LogP contribution is 2.32. The fraction of sp³-hybridized carbons (Fsp3) is 0.500. The molecule has 0 amide bonds. The van der Waals surface area contributed by atoms with E-state index >= 15 is 0 Å². The lowest BCUT2D eigenvalue weighted by molar-refractivity contribution is -0.213. The third-order valence-electron chi connectivity index (χ3n) is 5.42. The van der Waals surface area contributed by atoms with Crippen molar-refractivity contribution in [2.75, 3.05) is 6.61 Å². The van der Waals surface area contributed by atoms with Crippen molar-refractivity contribution in [2.24, 2.45) is 11.1 Å². The molecule has 0 fully saturated rings. The van der Waals surface area contributed by atoms with Crippen LogP contribution in [0.2, 0.25) is 0 Å². The highest BCUT2D eigenvalue weighted by Gasteiger charge is 2.53. The lowest BCUT2D eigenvalue weighted by atomic mass is 9.84. The molecule has 0 unspecified atom stereocenters. The van der Waals surface area contributed by atoms with Gasteiger partial charge in [0.2, 0.25) is 0 Å². The van der Waals surface area contributed by atoms with E-state index in [0.29, 0.717) is 5.56 Å². The molecule has 0 saturated heterocycles. The standard InChI is InChI=1S/C26H31NO12/c1-13(28)21-22(19-10-8-7-9-11-19)27-39-24(21)26(38-18(6)33)25(37-17(5)32)23(36-16(4)31)20(35-15(3)30)12-34-14(2)29/h7-11,20-21,23-26H,12H2,1-6H3/t20-,21+,23+,24+,25+,26+/m1/s1. The molecule has 0 spiro atoms. The molecule has 0 bridgehead atoms. The van der Waals surface area contributed by atoms with Crippen LogP contribution in [-0.2, 0) is 57.3 Å². The van der Waals surface area contributed by atoms with Crippen LogP contribution in [0.4, 0.5) is 0 Å². The van der Waals surface area contributed by atoms with Gasteiger partial charge >= 0.3 is 29.8 Å². The van der Waals surface area contributed by atoms with E-state index in [1.807, 2.05) is 0 Å². The summed E-state index contributed by atoms with van der Waals surface area (Å²) in [5, 5.41) is 4.05. The number of benzene rings is 1. The van der Waals surface area contributed by atoms with Crippen LogP contribution in [0, 0.1) is 5.92 Å². The number of carbonyl (C=O) groups is 6. The van der Waals surface area contributed by atoms with Gasteiger partial charge < -0.3 is 28.5 Å². The van der Waals surface area contributed by atoms with E-state index in [2.05, 4.69) is 5.16 Å². The van der Waals surface area contributed by atoms with Gasteiger partial charge in [0.1, 0.15) is 24.0 Å². The molecule has 13 nitrogen and oxygen atoms in total. The van der Waals surface area contributed by atoms with Gasteiger partial charge in [-0.2, -0.15) is 0 Å². The van der Waals surface area contributed by atoms with Crippen molar-refractivity contribution in [2.45, 2.75) is 72.1 Å². The van der Waals surface area contributed by atoms with Gasteiger partial charge in [0.05, 0.1) is 0 Å². The Morgan fingerprint density at radius 3 is 1.77 bits per heavy atom. The topological polar surface area (TPSA) is 170 Å². The van der Waals surface area contributed by atoms with E-state index in [9.17, 15) is 28.8 Å². The molecule has 13 heteroatoms. The SMILES string of the molecule is CC(=O)OC[C@@H](OC(C)=O)[C@H](OC(C)=O)[C@H](OC(C)=O)[C@@H](OC(C)=O)[C@H]1ON=C(c2ccccc2)[C@@H]1C(C)=O. The van der Waals surface area contributed by atoms with Gasteiger partial charge in [0.15, 0.2) is 30.5 Å². The number of hydrogen-bond donors (Lipinski definition) is 0. The molecule has 212 valence electrons. The summed E-state index contributed by atoms with van der Waals surface area (Å²) in [5.41, 5.74) is 0.780. The van der Waals surface area contributed by atoms with E-state index in [4.69, 9.17) is 28.5 Å². The number of ether oxygens (including phenoxy) is 5. The van der Waals surface area contributed by atoms with Crippen molar-refractivity contribution in [3.05, 3.63) is 35.9 Å². The first-order chi connectivity index (χ1) is 18.3. The van der Waals surface area contributed by atoms with Crippen molar-refractivity contribution in [1.29, 1.82) is 0 Å². The summed E-state index contributed by atoms with van der Waals surface area (Å²) in [6.07, 6.45) is -7.84. The van der Waals surface area contributed by atoms with Crippen LogP contribution in [0.25, 0.3) is 0 Å². The summed E-state index contributed by atoms with van der Waals surface area (Å²) in [7, 11) is 0. The van der Waals surface area contributed by atoms with Crippen LogP contribution in [-0.4, -0.2) is 78.5 Å². The second-order valence-electron chi connectivity index (χ2n) is 8.67. The van der Waals surface area contributed by atoms with Crippen LogP contribution in [0.1, 0.15) is 47.1 Å². The molecule has 39 heavy (non-hydrogen) atoms. The van der Waals surface area contributed by atoms with E-state index in [-0.39, 0.29) is 5.71 Å². The smallest absolute Gasteiger partial charge is 0.303 e. The summed E-state index contributed by atoms with van der Waals surface area (Å²) < 4.78 is 26.6. The van der Waals surface area contributed by atoms with E-state index < -0.39 is 78.7 Å². The van der Waals surface area contributed by atoms with Crippen LogP contribution < -0.4 is 0 Å². The second kappa shape index (κ2) is 14.0. The van der Waals surface area contributed by atoms with Crippen LogP contribution >= 0.6 is 0 Å². The van der Waals surface area contributed by atoms with Crippen molar-refractivity contribution < 1.29 is 57.3 Å². The Morgan fingerprint density at radius 2 is 1.28 bits per heavy atom. The van der Waals surface area contributed by atoms with Crippen molar-refractivity contribution >= 4 is 41.3 Å². The van der Waals surface area contributed by atoms with Gasteiger partial charge in [0.25, 0.3) is 0 Å². The monoisotopic (exact) mass is 549 g/mol. The molecule has 0 saturated carbocycles. The molecule has 1 aromatic carbocycles. The first-order valence-corrected chi connectivity index (χ1v) is 11.9. The summed E-state index contributed by atoms with van der Waals surface area (Å²) >= 11 is 0. The fourth-order valence-electron chi connectivity index (χ4n) is 4.09. The molecule has 0 aromatic heterocycles. The quantitative estimate of drug-likeness (QED) is 0.271. The Balaban J connectivity index is 2.65. The van der Waals surface area contributed by atoms with E-state index in [1.165, 1.54) is 6.92 Å². The Kier molecular flexibility index (Phi) is 11.1. The first kappa shape index (κ1) is 30.9. The van der Waals surface area contributed by atoms with E-state index in [0.717, 1.165) is 34.6 Å². The summed E-state index contributed by atoms with van der Waals surface area (Å²) in [6, 6.07) is 8.61. The normalized spacial score (nSPS) is 19.2. The molecule has 0 aliphatic carbocycles. The second-order valence-corrected chi connectivity index (χ2v) is 8.67. The zero-order chi connectivity index (χ0) is 29.3. The van der Waals surface area contributed by atoms with Crippen LogP contribution in [0.15, 0.2) is 35.5 Å². The minimum Gasteiger partial charge on any atom is -0.462 e. The van der Waals surface area contributed by atoms with Crippen molar-refractivity contribution in [3.8, 4) is 0 Å². The maximum absolute atomic E-state index is 12.9. The average molecular weight is 550 g/mol. The van der Waals surface area contributed by atoms with Crippen LogP contribution in [0.3, 0.4) is 0 Å². The molecule has 0 N–H and O–H groups in total. The number of Topliss-reactive ketones (excluding diaryl/α,β-unsaturated/α-hetero) is 1. The number of rotatable bonds is 12. The minimum absolute atomic E-state index is 0.229. The average Bonchev–Trinajstić information content (AvgIpc) is 3.28. The van der Waals surface area contributed by atoms with Gasteiger partial charge in [-0.15, -0.1) is 0 Å². The Bertz CT molecular complexity index is 1120. The van der Waals surface area contributed by atoms with Crippen molar-refractivity contribution in [1.82, 2.24) is 0 Å². The Hall–Kier alpha value is -4.29. The van der Waals surface area contributed by atoms with Gasteiger partial charge in [-0.3, -0.25) is 28.8 Å². The molecule has 2 rings (SSSR count). The Morgan fingerprint density at radius 1 is 0.744 bits per heavy atom. The molecule has 1 aliphatic rings. The minimum atomic E-state index is -1.70. The third-order valence-corrected chi connectivity index (χ3v) is 5.42. The number of carbonyl (C=O) groups excluding carboxylic acids is 6. The third kappa shape index (κ3) is 8.90. The molecule has 0 radical (unpaired) electrons. The maximum Gasteiger partial charge on any atom is 0.303 e. The predicted molar refractivity (Wildman–Crippen MR) is 131 cm³/mol. The predicted octanol–water partition coefficient (Wildman–Crippen LogP) is 1.28. The van der Waals surface area contributed by atoms with Crippen molar-refractivity contribution in [3.63, 3.8) is 0 Å². The maximum atomic E-state index is 12.9. The lowest BCUT2D eigenvalue weighted by Crippen LogP contribution is -2.57. The van der Waals surface area contributed by atoms with Gasteiger partial charge in [-0.1, -0.05) is 35.5 Å². The molecule has 1 aromatic rings. The summed E-state index contributed by atoms with van der Waals surface area (Å²) in [6.45, 7) is 5.98. The highest BCUT2D eigenvalue weighted by atomic mass is 16.7. The molecule has 1 aliphatic heterocycles. The molecule has 6 atom stereocenters. The Labute approximate surface area is 224 Å². The number of hydrogen-bond acceptors (Lipinski definition) is 13. The summed E-state index contributed by atoms with van der Waals surface area (Å²) in [5.74, 6) is -5.76. The highest BCUT2D eigenvalue weighted by molar-refractivity contribution is 6.14. The lowest BCUT2D eigenvalue weighted by Gasteiger charge is -2.37. The van der Waals surface area contributed by atoms with E-state index in [1.54, 1.807) is 30.3 Å². The number of nitrogens with zero attached hydrogens (tertiary/aromatic N) is 1. The molecule has 1 heterocycles. The number of ketones is 1. The number of esters is 5.